The lowest BCUT2D eigenvalue weighted by Gasteiger charge is -2.35. The van der Waals surface area contributed by atoms with Crippen molar-refractivity contribution in [2.24, 2.45) is 0 Å². The number of nitrogens with zero attached hydrogens (tertiary/aromatic N) is 2. The predicted molar refractivity (Wildman–Crippen MR) is 62.7 cm³/mol. The first-order chi connectivity index (χ1) is 9.06. The van der Waals surface area contributed by atoms with E-state index in [1.165, 1.54) is 17.0 Å². The maximum absolute atomic E-state index is 12.8. The highest BCUT2D eigenvalue weighted by molar-refractivity contribution is 5.68. The fraction of sp³-hybridized carbons (Fsp3) is 0.417. The number of carbonyl (C=O) groups is 1. The second-order valence-corrected chi connectivity index (χ2v) is 4.09. The summed E-state index contributed by atoms with van der Waals surface area (Å²) < 4.78 is 40.4. The third kappa shape index (κ3) is 3.52. The molecular weight excluding hydrogens is 261 g/mol. The zero-order chi connectivity index (χ0) is 13.8. The number of rotatable bonds is 2. The molecule has 7 heteroatoms. The molecule has 1 aromatic carbocycles. The fourth-order valence-electron chi connectivity index (χ4n) is 1.95. The molecule has 0 radical (unpaired) electrons. The van der Waals surface area contributed by atoms with Gasteiger partial charge in [-0.2, -0.15) is 8.78 Å². The number of hydrogen-bond acceptors (Lipinski definition) is 3. The lowest BCUT2D eigenvalue weighted by molar-refractivity contribution is -0.0922. The molecule has 1 aliphatic rings. The van der Waals surface area contributed by atoms with Gasteiger partial charge in [0, 0.05) is 31.9 Å². The number of carbonyl (C=O) groups excluding carboxylic acids is 1. The van der Waals surface area contributed by atoms with E-state index >= 15 is 0 Å². The van der Waals surface area contributed by atoms with E-state index in [2.05, 4.69) is 4.74 Å². The molecule has 2 rings (SSSR count). The summed E-state index contributed by atoms with van der Waals surface area (Å²) in [5.74, 6) is -0.317. The predicted octanol–water partition coefficient (Wildman–Crippen LogP) is 2.31. The summed E-state index contributed by atoms with van der Waals surface area (Å²) in [6.07, 6.45) is -1.01. The van der Waals surface area contributed by atoms with E-state index in [4.69, 9.17) is 0 Å². The van der Waals surface area contributed by atoms with Crippen molar-refractivity contribution in [3.8, 4) is 0 Å². The van der Waals surface area contributed by atoms with Crippen LogP contribution < -0.4 is 4.90 Å². The molecule has 104 valence electrons. The number of hydrogen-bond donors (Lipinski definition) is 0. The van der Waals surface area contributed by atoms with Gasteiger partial charge in [0.25, 0.3) is 0 Å². The second-order valence-electron chi connectivity index (χ2n) is 4.09. The van der Waals surface area contributed by atoms with Crippen LogP contribution in [0.15, 0.2) is 24.3 Å². The average Bonchev–Trinajstić information content (AvgIpc) is 2.39. The Morgan fingerprint density at radius 2 is 1.68 bits per heavy atom. The molecule has 0 aromatic heterocycles. The topological polar surface area (TPSA) is 32.8 Å². The Bertz CT molecular complexity index is 431. The van der Waals surface area contributed by atoms with Gasteiger partial charge in [-0.05, 0) is 24.3 Å². The van der Waals surface area contributed by atoms with Gasteiger partial charge in [-0.3, -0.25) is 0 Å². The number of piperazine rings is 1. The molecule has 1 fully saturated rings. The number of halogens is 3. The van der Waals surface area contributed by atoms with E-state index in [0.29, 0.717) is 26.2 Å². The molecule has 0 aliphatic carbocycles. The molecule has 1 heterocycles. The molecule has 1 aromatic rings. The zero-order valence-electron chi connectivity index (χ0n) is 10.1. The van der Waals surface area contributed by atoms with Gasteiger partial charge >= 0.3 is 12.7 Å². The maximum atomic E-state index is 12.8. The van der Waals surface area contributed by atoms with E-state index in [1.807, 2.05) is 4.90 Å². The maximum Gasteiger partial charge on any atom is 0.414 e. The van der Waals surface area contributed by atoms with E-state index in [1.54, 1.807) is 12.1 Å². The molecule has 0 bridgehead atoms. The van der Waals surface area contributed by atoms with Gasteiger partial charge in [-0.25, -0.2) is 9.18 Å². The van der Waals surface area contributed by atoms with E-state index in [9.17, 15) is 18.0 Å². The first-order valence-corrected chi connectivity index (χ1v) is 5.80. The Morgan fingerprint density at radius 3 is 2.21 bits per heavy atom. The summed E-state index contributed by atoms with van der Waals surface area (Å²) in [4.78, 5) is 14.4. The highest BCUT2D eigenvalue weighted by Gasteiger charge is 2.24. The Balaban J connectivity index is 1.88. The van der Waals surface area contributed by atoms with Crippen LogP contribution in [0.4, 0.5) is 23.7 Å². The first kappa shape index (κ1) is 13.5. The number of ether oxygens (including phenoxy) is 1. The quantitative estimate of drug-likeness (QED) is 0.829. The molecule has 1 aliphatic heterocycles. The Morgan fingerprint density at radius 1 is 1.11 bits per heavy atom. The van der Waals surface area contributed by atoms with Crippen molar-refractivity contribution in [2.75, 3.05) is 31.1 Å². The standard InChI is InChI=1S/C12H13F3N2O2/c13-9-1-3-10(4-2-9)16-5-7-17(8-6-16)12(18)19-11(14)15/h1-4,11H,5-8H2. The van der Waals surface area contributed by atoms with Crippen LogP contribution in [0.3, 0.4) is 0 Å². The number of alkyl halides is 2. The van der Waals surface area contributed by atoms with Crippen LogP contribution in [-0.2, 0) is 4.74 Å². The summed E-state index contributed by atoms with van der Waals surface area (Å²) in [5.41, 5.74) is 0.836. The van der Waals surface area contributed by atoms with Gasteiger partial charge in [-0.1, -0.05) is 0 Å². The highest BCUT2D eigenvalue weighted by atomic mass is 19.3. The minimum atomic E-state index is -3.09. The van der Waals surface area contributed by atoms with Crippen LogP contribution in [0.5, 0.6) is 0 Å². The number of benzene rings is 1. The largest absolute Gasteiger partial charge is 0.414 e. The van der Waals surface area contributed by atoms with Crippen LogP contribution in [0.25, 0.3) is 0 Å². The van der Waals surface area contributed by atoms with Crippen molar-refractivity contribution >= 4 is 11.8 Å². The molecule has 19 heavy (non-hydrogen) atoms. The van der Waals surface area contributed by atoms with Crippen molar-refractivity contribution in [3.05, 3.63) is 30.1 Å². The molecule has 1 amide bonds. The normalized spacial score (nSPS) is 15.8. The molecular formula is C12H13F3N2O2. The van der Waals surface area contributed by atoms with Crippen molar-refractivity contribution in [1.29, 1.82) is 0 Å². The van der Waals surface area contributed by atoms with Crippen LogP contribution in [0.1, 0.15) is 0 Å². The number of amides is 1. The lowest BCUT2D eigenvalue weighted by atomic mass is 10.2. The number of anilines is 1. The highest BCUT2D eigenvalue weighted by Crippen LogP contribution is 2.17. The molecule has 4 nitrogen and oxygen atoms in total. The summed E-state index contributed by atoms with van der Waals surface area (Å²) in [7, 11) is 0. The van der Waals surface area contributed by atoms with Gasteiger partial charge in [0.05, 0.1) is 0 Å². The Labute approximate surface area is 108 Å². The van der Waals surface area contributed by atoms with Crippen molar-refractivity contribution < 1.29 is 22.7 Å². The second kappa shape index (κ2) is 5.81. The van der Waals surface area contributed by atoms with Gasteiger partial charge in [0.1, 0.15) is 5.82 Å². The third-order valence-corrected chi connectivity index (χ3v) is 2.92. The first-order valence-electron chi connectivity index (χ1n) is 5.80. The van der Waals surface area contributed by atoms with Gasteiger partial charge in [0.15, 0.2) is 0 Å². The van der Waals surface area contributed by atoms with Gasteiger partial charge in [-0.15, -0.1) is 0 Å². The molecule has 0 saturated carbocycles. The third-order valence-electron chi connectivity index (χ3n) is 2.92. The van der Waals surface area contributed by atoms with Crippen LogP contribution in [0.2, 0.25) is 0 Å². The van der Waals surface area contributed by atoms with E-state index in [0.717, 1.165) is 5.69 Å². The zero-order valence-corrected chi connectivity index (χ0v) is 10.1. The minimum Gasteiger partial charge on any atom is -0.386 e. The van der Waals surface area contributed by atoms with Crippen LogP contribution in [-0.4, -0.2) is 43.8 Å². The molecule has 0 unspecified atom stereocenters. The van der Waals surface area contributed by atoms with E-state index in [-0.39, 0.29) is 5.82 Å². The molecule has 0 N–H and O–H groups in total. The summed E-state index contributed by atoms with van der Waals surface area (Å²) >= 11 is 0. The van der Waals surface area contributed by atoms with E-state index < -0.39 is 12.7 Å². The smallest absolute Gasteiger partial charge is 0.386 e. The molecule has 1 saturated heterocycles. The van der Waals surface area contributed by atoms with Crippen LogP contribution >= 0.6 is 0 Å². The van der Waals surface area contributed by atoms with Crippen LogP contribution in [0, 0.1) is 5.82 Å². The lowest BCUT2D eigenvalue weighted by Crippen LogP contribution is -2.49. The summed E-state index contributed by atoms with van der Waals surface area (Å²) in [6, 6.07) is 5.99. The van der Waals surface area contributed by atoms with Gasteiger partial charge in [0.2, 0.25) is 0 Å². The Kier molecular flexibility index (Phi) is 4.13. The van der Waals surface area contributed by atoms with Crippen molar-refractivity contribution in [2.45, 2.75) is 6.61 Å². The Hall–Kier alpha value is -1.92. The van der Waals surface area contributed by atoms with Crippen molar-refractivity contribution in [1.82, 2.24) is 4.90 Å². The van der Waals surface area contributed by atoms with Crippen molar-refractivity contribution in [3.63, 3.8) is 0 Å². The fourth-order valence-corrected chi connectivity index (χ4v) is 1.95. The molecule has 0 atom stereocenters. The SMILES string of the molecule is O=C(OC(F)F)N1CCN(c2ccc(F)cc2)CC1. The van der Waals surface area contributed by atoms with Gasteiger partial charge < -0.3 is 14.5 Å². The monoisotopic (exact) mass is 274 g/mol. The minimum absolute atomic E-state index is 0.295. The molecule has 0 spiro atoms. The summed E-state index contributed by atoms with van der Waals surface area (Å²) in [5, 5.41) is 0. The summed E-state index contributed by atoms with van der Waals surface area (Å²) in [6.45, 7) is -1.53. The average molecular weight is 274 g/mol.